The highest BCUT2D eigenvalue weighted by atomic mass is 32.2. The number of rotatable bonds is 7. The number of aliphatic carboxylic acids is 1. The fourth-order valence-electron chi connectivity index (χ4n) is 1.76. The van der Waals surface area contributed by atoms with Gasteiger partial charge in [0.05, 0.1) is 4.92 Å². The molecule has 12 heteroatoms. The number of carbonyl (C=O) groups is 2. The highest BCUT2D eigenvalue weighted by Crippen LogP contribution is 2.22. The van der Waals surface area contributed by atoms with Gasteiger partial charge >= 0.3 is 12.1 Å². The molecule has 1 amide bonds. The number of para-hydroxylation sites is 1. The van der Waals surface area contributed by atoms with Crippen LogP contribution in [0.4, 0.5) is 10.5 Å². The molecule has 0 saturated heterocycles. The number of nitrogens with zero attached hydrogens (tertiary/aromatic N) is 1. The summed E-state index contributed by atoms with van der Waals surface area (Å²) in [4.78, 5) is 32.2. The number of amides is 1. The Hall–Kier alpha value is -2.73. The summed E-state index contributed by atoms with van der Waals surface area (Å²) in [5, 5.41) is 22.2. The van der Waals surface area contributed by atoms with Crippen molar-refractivity contribution in [1.82, 2.24) is 10.0 Å². The van der Waals surface area contributed by atoms with Crippen LogP contribution in [0.15, 0.2) is 29.2 Å². The first kappa shape index (κ1) is 21.3. The number of ether oxygens (including phenoxy) is 1. The zero-order valence-electron chi connectivity index (χ0n) is 14.3. The minimum Gasteiger partial charge on any atom is -0.480 e. The van der Waals surface area contributed by atoms with E-state index in [9.17, 15) is 28.1 Å². The number of hydrogen-bond donors (Lipinski definition) is 3. The molecule has 0 fully saturated rings. The maximum absolute atomic E-state index is 12.3. The molecule has 0 aliphatic heterocycles. The number of carboxylic acid groups (broad SMARTS) is 1. The van der Waals surface area contributed by atoms with Crippen molar-refractivity contribution in [2.75, 3.05) is 6.54 Å². The van der Waals surface area contributed by atoms with Crippen molar-refractivity contribution >= 4 is 27.8 Å². The number of nitrogens with one attached hydrogen (secondary N) is 2. The van der Waals surface area contributed by atoms with Crippen molar-refractivity contribution in [3.05, 3.63) is 34.4 Å². The van der Waals surface area contributed by atoms with Gasteiger partial charge in [-0.1, -0.05) is 12.1 Å². The molecule has 1 unspecified atom stereocenters. The lowest BCUT2D eigenvalue weighted by Crippen LogP contribution is -2.49. The Kier molecular flexibility index (Phi) is 6.64. The van der Waals surface area contributed by atoms with Crippen LogP contribution in [-0.4, -0.2) is 48.7 Å². The standard InChI is InChI=1S/C14H19N3O8S/c1-14(2,3)25-13(20)15-8-9(12(18)19)16-26(23,24)11-7-5-4-6-10(11)17(21)22/h4-7,9,16H,8H2,1-3H3,(H,15,20)(H,18,19). The van der Waals surface area contributed by atoms with Crippen molar-refractivity contribution < 1.29 is 32.8 Å². The molecule has 0 heterocycles. The number of carboxylic acids is 1. The van der Waals surface area contributed by atoms with Gasteiger partial charge < -0.3 is 15.2 Å². The van der Waals surface area contributed by atoms with Gasteiger partial charge in [0.25, 0.3) is 5.69 Å². The summed E-state index contributed by atoms with van der Waals surface area (Å²) < 4.78 is 31.4. The van der Waals surface area contributed by atoms with E-state index in [1.54, 1.807) is 20.8 Å². The molecule has 3 N–H and O–H groups in total. The van der Waals surface area contributed by atoms with Gasteiger partial charge in [-0.3, -0.25) is 14.9 Å². The Balaban J connectivity index is 2.95. The zero-order valence-corrected chi connectivity index (χ0v) is 15.1. The molecule has 1 atom stereocenters. The molecular formula is C14H19N3O8S. The fraction of sp³-hybridized carbons (Fsp3) is 0.429. The largest absolute Gasteiger partial charge is 0.480 e. The SMILES string of the molecule is CC(C)(C)OC(=O)NCC(NS(=O)(=O)c1ccccc1[N+](=O)[O-])C(=O)O. The molecule has 0 aliphatic rings. The average molecular weight is 389 g/mol. The Morgan fingerprint density at radius 3 is 2.38 bits per heavy atom. The Morgan fingerprint density at radius 2 is 1.88 bits per heavy atom. The third-order valence-electron chi connectivity index (χ3n) is 2.80. The fourth-order valence-corrected chi connectivity index (χ4v) is 3.13. The molecule has 26 heavy (non-hydrogen) atoms. The van der Waals surface area contributed by atoms with Gasteiger partial charge in [0.15, 0.2) is 4.90 Å². The molecule has 0 radical (unpaired) electrons. The van der Waals surface area contributed by atoms with Crippen LogP contribution in [0, 0.1) is 10.1 Å². The molecule has 0 aliphatic carbocycles. The van der Waals surface area contributed by atoms with E-state index < -0.39 is 55.8 Å². The Bertz CT molecular complexity index is 801. The van der Waals surface area contributed by atoms with Gasteiger partial charge in [-0.15, -0.1) is 0 Å². The Morgan fingerprint density at radius 1 is 1.31 bits per heavy atom. The molecule has 11 nitrogen and oxygen atoms in total. The molecule has 1 aromatic rings. The Labute approximate surface area is 149 Å². The van der Waals surface area contributed by atoms with Crippen LogP contribution in [0.1, 0.15) is 20.8 Å². The van der Waals surface area contributed by atoms with E-state index in [-0.39, 0.29) is 0 Å². The highest BCUT2D eigenvalue weighted by molar-refractivity contribution is 7.89. The number of benzene rings is 1. The predicted molar refractivity (Wildman–Crippen MR) is 89.1 cm³/mol. The van der Waals surface area contributed by atoms with Crippen LogP contribution in [0.2, 0.25) is 0 Å². The maximum atomic E-state index is 12.3. The molecule has 0 aromatic heterocycles. The van der Waals surface area contributed by atoms with E-state index in [0.29, 0.717) is 0 Å². The number of nitro groups is 1. The summed E-state index contributed by atoms with van der Waals surface area (Å²) >= 11 is 0. The first-order valence-corrected chi connectivity index (χ1v) is 8.77. The summed E-state index contributed by atoms with van der Waals surface area (Å²) in [7, 11) is -4.53. The lowest BCUT2D eigenvalue weighted by atomic mass is 10.2. The summed E-state index contributed by atoms with van der Waals surface area (Å²) in [6.07, 6.45) is -0.936. The minimum absolute atomic E-state index is 0.621. The molecule has 0 spiro atoms. The molecule has 144 valence electrons. The van der Waals surface area contributed by atoms with Crippen molar-refractivity contribution in [3.8, 4) is 0 Å². The van der Waals surface area contributed by atoms with Crippen molar-refractivity contribution in [3.63, 3.8) is 0 Å². The highest BCUT2D eigenvalue weighted by Gasteiger charge is 2.31. The van der Waals surface area contributed by atoms with Crippen LogP contribution in [0.3, 0.4) is 0 Å². The summed E-state index contributed by atoms with van der Waals surface area (Å²) in [6, 6.07) is 2.73. The van der Waals surface area contributed by atoms with Gasteiger partial charge in [-0.25, -0.2) is 13.2 Å². The summed E-state index contributed by atoms with van der Waals surface area (Å²) in [5.74, 6) is -1.58. The lowest BCUT2D eigenvalue weighted by molar-refractivity contribution is -0.387. The van der Waals surface area contributed by atoms with Gasteiger partial charge in [0, 0.05) is 12.6 Å². The molecular weight excluding hydrogens is 370 g/mol. The van der Waals surface area contributed by atoms with Gasteiger partial charge in [-0.05, 0) is 26.8 Å². The first-order valence-electron chi connectivity index (χ1n) is 7.29. The average Bonchev–Trinajstić information content (AvgIpc) is 2.49. The van der Waals surface area contributed by atoms with Crippen LogP contribution < -0.4 is 10.0 Å². The second kappa shape index (κ2) is 8.10. The first-order chi connectivity index (χ1) is 11.8. The molecule has 1 aromatic carbocycles. The van der Waals surface area contributed by atoms with Crippen molar-refractivity contribution in [2.24, 2.45) is 0 Å². The summed E-state index contributed by atoms with van der Waals surface area (Å²) in [5.41, 5.74) is -1.53. The predicted octanol–water partition coefficient (Wildman–Crippen LogP) is 0.851. The van der Waals surface area contributed by atoms with Crippen LogP contribution >= 0.6 is 0 Å². The van der Waals surface area contributed by atoms with Gasteiger partial charge in [0.1, 0.15) is 11.6 Å². The quantitative estimate of drug-likeness (QED) is 0.456. The minimum atomic E-state index is -4.53. The van der Waals surface area contributed by atoms with E-state index in [1.165, 1.54) is 12.1 Å². The van der Waals surface area contributed by atoms with E-state index in [4.69, 9.17) is 9.84 Å². The van der Waals surface area contributed by atoms with Gasteiger partial charge in [-0.2, -0.15) is 4.72 Å². The van der Waals surface area contributed by atoms with E-state index in [0.717, 1.165) is 12.1 Å². The molecule has 0 bridgehead atoms. The monoisotopic (exact) mass is 389 g/mol. The van der Waals surface area contributed by atoms with Crippen LogP contribution in [0.5, 0.6) is 0 Å². The molecule has 0 saturated carbocycles. The van der Waals surface area contributed by atoms with Gasteiger partial charge in [0.2, 0.25) is 10.0 Å². The summed E-state index contributed by atoms with van der Waals surface area (Å²) in [6.45, 7) is 4.17. The van der Waals surface area contributed by atoms with Crippen molar-refractivity contribution in [1.29, 1.82) is 0 Å². The lowest BCUT2D eigenvalue weighted by Gasteiger charge is -2.21. The van der Waals surface area contributed by atoms with E-state index in [2.05, 4.69) is 5.32 Å². The third kappa shape index (κ3) is 6.29. The number of hydrogen-bond acceptors (Lipinski definition) is 7. The smallest absolute Gasteiger partial charge is 0.407 e. The topological polar surface area (TPSA) is 165 Å². The number of carbonyl (C=O) groups excluding carboxylic acids is 1. The second-order valence-electron chi connectivity index (χ2n) is 6.12. The normalized spacial score (nSPS) is 12.9. The van der Waals surface area contributed by atoms with E-state index in [1.807, 2.05) is 4.72 Å². The van der Waals surface area contributed by atoms with Crippen molar-refractivity contribution in [2.45, 2.75) is 37.3 Å². The maximum Gasteiger partial charge on any atom is 0.407 e. The number of nitro benzene ring substituents is 1. The zero-order chi connectivity index (χ0) is 20.1. The molecule has 1 rings (SSSR count). The van der Waals surface area contributed by atoms with E-state index >= 15 is 0 Å². The number of sulfonamides is 1. The number of alkyl carbamates (subject to hydrolysis) is 1. The van der Waals surface area contributed by atoms with Crippen LogP contribution in [0.25, 0.3) is 0 Å². The van der Waals surface area contributed by atoms with Crippen LogP contribution in [-0.2, 0) is 19.6 Å². The second-order valence-corrected chi connectivity index (χ2v) is 7.80. The third-order valence-corrected chi connectivity index (χ3v) is 4.32.